The van der Waals surface area contributed by atoms with E-state index in [1.165, 1.54) is 0 Å². The molecule has 1 amide bonds. The van der Waals surface area contributed by atoms with E-state index >= 15 is 0 Å². The summed E-state index contributed by atoms with van der Waals surface area (Å²) in [6, 6.07) is 0. The summed E-state index contributed by atoms with van der Waals surface area (Å²) < 4.78 is 44.2. The molecule has 1 saturated heterocycles. The fraction of sp³-hybridized carbons (Fsp3) is 0.850. The van der Waals surface area contributed by atoms with Crippen LogP contribution in [0.25, 0.3) is 0 Å². The van der Waals surface area contributed by atoms with Crippen LogP contribution in [0.2, 0.25) is 0 Å². The third-order valence-corrected chi connectivity index (χ3v) is 5.86. The van der Waals surface area contributed by atoms with Crippen molar-refractivity contribution >= 4 is 27.9 Å². The van der Waals surface area contributed by atoms with E-state index in [2.05, 4.69) is 15.4 Å². The van der Waals surface area contributed by atoms with Gasteiger partial charge < -0.3 is 30.1 Å². The van der Waals surface area contributed by atoms with Gasteiger partial charge in [-0.15, -0.1) is 0 Å². The number of amides is 1. The molecule has 1 aliphatic rings. The second-order valence-corrected chi connectivity index (χ2v) is 10.7. The molecule has 0 unspecified atom stereocenters. The molecule has 3 N–H and O–H groups in total. The standard InChI is InChI=1S/C20H39N5O7S/c1-20(2,3)32-19(26)23-5-9-30-11-13-31-12-10-29-8-4-22-16-18(24-21)17-25-6-14-33(27,28)15-7-25/h16H,4-15,17,21H2,1-3H3,(H,23,26)/b22-16?,24-18+. The summed E-state index contributed by atoms with van der Waals surface area (Å²) in [5.41, 5.74) is 0.0791. The van der Waals surface area contributed by atoms with Crippen molar-refractivity contribution in [3.05, 3.63) is 0 Å². The molecule has 0 aromatic heterocycles. The van der Waals surface area contributed by atoms with Crippen LogP contribution in [0.5, 0.6) is 0 Å². The van der Waals surface area contributed by atoms with Crippen LogP contribution in [0.3, 0.4) is 0 Å². The second kappa shape index (κ2) is 15.9. The zero-order valence-electron chi connectivity index (χ0n) is 20.0. The molecule has 0 saturated carbocycles. The van der Waals surface area contributed by atoms with Crippen LogP contribution in [-0.2, 0) is 28.8 Å². The lowest BCUT2D eigenvalue weighted by Crippen LogP contribution is -2.43. The zero-order chi connectivity index (χ0) is 24.6. The monoisotopic (exact) mass is 493 g/mol. The first-order valence-electron chi connectivity index (χ1n) is 11.0. The van der Waals surface area contributed by atoms with Crippen LogP contribution in [-0.4, -0.2) is 121 Å². The van der Waals surface area contributed by atoms with Crippen molar-refractivity contribution < 1.29 is 32.2 Å². The number of hydrazone groups is 1. The van der Waals surface area contributed by atoms with E-state index < -0.39 is 21.5 Å². The molecule has 0 bridgehead atoms. The summed E-state index contributed by atoms with van der Waals surface area (Å²) in [6.45, 7) is 10.2. The Kier molecular flexibility index (Phi) is 14.1. The summed E-state index contributed by atoms with van der Waals surface area (Å²) in [5.74, 6) is 5.72. The van der Waals surface area contributed by atoms with Gasteiger partial charge in [-0.2, -0.15) is 5.10 Å². The van der Waals surface area contributed by atoms with E-state index in [1.807, 2.05) is 4.90 Å². The smallest absolute Gasteiger partial charge is 0.407 e. The largest absolute Gasteiger partial charge is 0.444 e. The van der Waals surface area contributed by atoms with Crippen molar-refractivity contribution in [1.29, 1.82) is 0 Å². The third-order valence-electron chi connectivity index (χ3n) is 4.25. The van der Waals surface area contributed by atoms with E-state index in [0.29, 0.717) is 78.1 Å². The Morgan fingerprint density at radius 3 is 2.18 bits per heavy atom. The molecule has 0 radical (unpaired) electrons. The van der Waals surface area contributed by atoms with Gasteiger partial charge in [-0.3, -0.25) is 9.89 Å². The van der Waals surface area contributed by atoms with Gasteiger partial charge in [0.2, 0.25) is 0 Å². The Labute approximate surface area is 196 Å². The van der Waals surface area contributed by atoms with Gasteiger partial charge in [-0.05, 0) is 20.8 Å². The first-order chi connectivity index (χ1) is 15.6. The van der Waals surface area contributed by atoms with Crippen molar-refractivity contribution in [3.63, 3.8) is 0 Å². The maximum absolute atomic E-state index is 11.5. The van der Waals surface area contributed by atoms with Crippen LogP contribution >= 0.6 is 0 Å². The summed E-state index contributed by atoms with van der Waals surface area (Å²) >= 11 is 0. The topological polar surface area (TPSA) is 154 Å². The quantitative estimate of drug-likeness (QED) is 0.135. The van der Waals surface area contributed by atoms with Gasteiger partial charge >= 0.3 is 6.09 Å². The fourth-order valence-electron chi connectivity index (χ4n) is 2.62. The molecule has 0 aliphatic carbocycles. The summed E-state index contributed by atoms with van der Waals surface area (Å²) in [5, 5.41) is 6.32. The predicted molar refractivity (Wildman–Crippen MR) is 127 cm³/mol. The number of hydrogen-bond donors (Lipinski definition) is 2. The molecule has 1 fully saturated rings. The maximum Gasteiger partial charge on any atom is 0.407 e. The number of rotatable bonds is 15. The Morgan fingerprint density at radius 1 is 1.03 bits per heavy atom. The Balaban J connectivity index is 1.93. The molecule has 0 aromatic carbocycles. The fourth-order valence-corrected chi connectivity index (χ4v) is 3.90. The predicted octanol–water partition coefficient (Wildman–Crippen LogP) is -0.323. The van der Waals surface area contributed by atoms with Crippen molar-refractivity contribution in [3.8, 4) is 0 Å². The molecule has 1 aliphatic heterocycles. The lowest BCUT2D eigenvalue weighted by atomic mass is 10.2. The van der Waals surface area contributed by atoms with Crippen LogP contribution in [0.4, 0.5) is 4.79 Å². The molecule has 12 nitrogen and oxygen atoms in total. The number of carbonyl (C=O) groups excluding carboxylic acids is 1. The van der Waals surface area contributed by atoms with Crippen LogP contribution in [0.1, 0.15) is 20.8 Å². The van der Waals surface area contributed by atoms with Crippen LogP contribution in [0.15, 0.2) is 10.1 Å². The minimum absolute atomic E-state index is 0.162. The number of hydrogen-bond acceptors (Lipinski definition) is 11. The first kappa shape index (κ1) is 29.2. The molecule has 33 heavy (non-hydrogen) atoms. The van der Waals surface area contributed by atoms with Gasteiger partial charge in [-0.1, -0.05) is 0 Å². The van der Waals surface area contributed by atoms with Crippen molar-refractivity contribution in [2.24, 2.45) is 15.9 Å². The molecule has 0 aromatic rings. The second-order valence-electron chi connectivity index (χ2n) is 8.35. The van der Waals surface area contributed by atoms with Gasteiger partial charge in [0, 0.05) is 32.4 Å². The molecular formula is C20H39N5O7S. The highest BCUT2D eigenvalue weighted by atomic mass is 32.2. The number of carbonyl (C=O) groups is 1. The number of nitrogens with zero attached hydrogens (tertiary/aromatic N) is 3. The zero-order valence-corrected chi connectivity index (χ0v) is 20.8. The number of nitrogens with two attached hydrogens (primary N) is 1. The highest BCUT2D eigenvalue weighted by Crippen LogP contribution is 2.06. The molecule has 1 heterocycles. The molecule has 192 valence electrons. The van der Waals surface area contributed by atoms with Crippen LogP contribution < -0.4 is 11.2 Å². The SMILES string of the molecule is CC(C)(C)OC(=O)NCCOCCOCCOCCN=C/C(CN1CCS(=O)(=O)CC1)=N\N. The summed E-state index contributed by atoms with van der Waals surface area (Å²) in [4.78, 5) is 17.7. The number of ether oxygens (including phenoxy) is 4. The lowest BCUT2D eigenvalue weighted by Gasteiger charge is -2.25. The highest BCUT2D eigenvalue weighted by Gasteiger charge is 2.22. The Bertz CT molecular complexity index is 709. The average Bonchev–Trinajstić information content (AvgIpc) is 2.73. The van der Waals surface area contributed by atoms with Gasteiger partial charge in [-0.25, -0.2) is 13.2 Å². The van der Waals surface area contributed by atoms with E-state index in [-0.39, 0.29) is 11.5 Å². The van der Waals surface area contributed by atoms with E-state index in [4.69, 9.17) is 24.8 Å². The van der Waals surface area contributed by atoms with Gasteiger partial charge in [0.05, 0.1) is 63.4 Å². The maximum atomic E-state index is 11.5. The van der Waals surface area contributed by atoms with E-state index in [0.717, 1.165) is 0 Å². The number of nitrogens with one attached hydrogen (secondary N) is 1. The van der Waals surface area contributed by atoms with Gasteiger partial charge in [0.25, 0.3) is 0 Å². The Morgan fingerprint density at radius 2 is 1.61 bits per heavy atom. The normalized spacial score (nSPS) is 17.4. The first-order valence-corrected chi connectivity index (χ1v) is 12.8. The van der Waals surface area contributed by atoms with Crippen LogP contribution in [0, 0.1) is 0 Å². The third kappa shape index (κ3) is 16.5. The number of aliphatic imine (C=N–C) groups is 1. The molecular weight excluding hydrogens is 454 g/mol. The van der Waals surface area contributed by atoms with E-state index in [1.54, 1.807) is 27.0 Å². The van der Waals surface area contributed by atoms with E-state index in [9.17, 15) is 13.2 Å². The lowest BCUT2D eigenvalue weighted by molar-refractivity contribution is 0.0154. The minimum atomic E-state index is -2.91. The molecule has 13 heteroatoms. The number of alkyl carbamates (subject to hydrolysis) is 1. The van der Waals surface area contributed by atoms with Gasteiger partial charge in [0.15, 0.2) is 9.84 Å². The average molecular weight is 494 g/mol. The highest BCUT2D eigenvalue weighted by molar-refractivity contribution is 7.91. The molecule has 0 spiro atoms. The molecule has 0 atom stereocenters. The summed E-state index contributed by atoms with van der Waals surface area (Å²) in [6.07, 6.45) is 1.13. The van der Waals surface area contributed by atoms with Gasteiger partial charge in [0.1, 0.15) is 5.60 Å². The number of sulfone groups is 1. The summed E-state index contributed by atoms with van der Waals surface area (Å²) in [7, 11) is -2.91. The Hall–Kier alpha value is -1.80. The molecule has 1 rings (SSSR count). The minimum Gasteiger partial charge on any atom is -0.444 e. The van der Waals surface area contributed by atoms with Crippen molar-refractivity contribution in [2.45, 2.75) is 26.4 Å². The van der Waals surface area contributed by atoms with Crippen molar-refractivity contribution in [2.75, 3.05) is 83.9 Å². The van der Waals surface area contributed by atoms with Crippen molar-refractivity contribution in [1.82, 2.24) is 10.2 Å².